The molecule has 0 bridgehead atoms. The van der Waals surface area contributed by atoms with Crippen molar-refractivity contribution in [3.8, 4) is 5.75 Å². The Morgan fingerprint density at radius 1 is 1.14 bits per heavy atom. The summed E-state index contributed by atoms with van der Waals surface area (Å²) in [5, 5.41) is 0. The average molecular weight is 416 g/mol. The van der Waals surface area contributed by atoms with E-state index in [0.717, 1.165) is 48.5 Å². The zero-order valence-corrected chi connectivity index (χ0v) is 17.3. The van der Waals surface area contributed by atoms with Crippen LogP contribution in [0.5, 0.6) is 5.75 Å². The van der Waals surface area contributed by atoms with Crippen LogP contribution in [0.4, 0.5) is 0 Å². The van der Waals surface area contributed by atoms with E-state index in [1.807, 2.05) is 30.3 Å². The van der Waals surface area contributed by atoms with Crippen molar-refractivity contribution in [3.63, 3.8) is 0 Å². The van der Waals surface area contributed by atoms with E-state index in [-0.39, 0.29) is 11.9 Å². The number of carbonyl (C=O) groups excluding carboxylic acids is 1. The Hall–Kier alpha value is -2.22. The number of fused-ring (bicyclic) bond motifs is 1. The maximum Gasteiger partial charge on any atom is 0.175 e. The topological polar surface area (TPSA) is 72.9 Å². The molecular weight excluding hydrogens is 390 g/mol. The summed E-state index contributed by atoms with van der Waals surface area (Å²) < 4.78 is 35.1. The Bertz CT molecular complexity index is 1000. The van der Waals surface area contributed by atoms with Gasteiger partial charge in [0.1, 0.15) is 18.5 Å². The van der Waals surface area contributed by atoms with Gasteiger partial charge in [-0.25, -0.2) is 8.42 Å². The van der Waals surface area contributed by atoms with E-state index in [1.54, 1.807) is 12.1 Å². The fourth-order valence-corrected chi connectivity index (χ4v) is 4.53. The van der Waals surface area contributed by atoms with E-state index in [9.17, 15) is 13.2 Å². The van der Waals surface area contributed by atoms with Gasteiger partial charge in [0.25, 0.3) is 0 Å². The molecule has 0 N–H and O–H groups in total. The molecule has 1 saturated heterocycles. The van der Waals surface area contributed by atoms with Crippen molar-refractivity contribution in [1.29, 1.82) is 0 Å². The number of Topliss-reactive ketones (excluding diaryl/α,β-unsaturated/α-hetero) is 1. The van der Waals surface area contributed by atoms with Crippen molar-refractivity contribution in [2.75, 3.05) is 32.6 Å². The van der Waals surface area contributed by atoms with E-state index in [4.69, 9.17) is 9.47 Å². The third-order valence-electron chi connectivity index (χ3n) is 5.44. The summed E-state index contributed by atoms with van der Waals surface area (Å²) in [6, 6.07) is 12.7. The number of rotatable bonds is 6. The zero-order valence-electron chi connectivity index (χ0n) is 16.5. The molecule has 6 nitrogen and oxygen atoms in total. The van der Waals surface area contributed by atoms with Crippen LogP contribution in [0.3, 0.4) is 0 Å². The van der Waals surface area contributed by atoms with Crippen molar-refractivity contribution in [2.45, 2.75) is 30.4 Å². The number of carbonyl (C=O) groups is 1. The molecule has 154 valence electrons. The molecule has 7 heteroatoms. The molecule has 0 saturated carbocycles. The van der Waals surface area contributed by atoms with Gasteiger partial charge in [-0.15, -0.1) is 0 Å². The van der Waals surface area contributed by atoms with E-state index in [1.165, 1.54) is 6.26 Å². The Labute approximate surface area is 171 Å². The molecule has 1 aliphatic carbocycles. The first-order valence-electron chi connectivity index (χ1n) is 9.81. The second kappa shape index (κ2) is 8.26. The molecule has 0 radical (unpaired) electrons. The van der Waals surface area contributed by atoms with Crippen molar-refractivity contribution in [3.05, 3.63) is 59.2 Å². The molecule has 1 heterocycles. The van der Waals surface area contributed by atoms with Crippen LogP contribution in [0.2, 0.25) is 0 Å². The first-order chi connectivity index (χ1) is 13.9. The summed E-state index contributed by atoms with van der Waals surface area (Å²) in [6.45, 7) is 3.36. The Morgan fingerprint density at radius 2 is 1.93 bits per heavy atom. The van der Waals surface area contributed by atoms with Crippen LogP contribution in [-0.2, 0) is 27.5 Å². The second-order valence-electron chi connectivity index (χ2n) is 7.66. The third-order valence-corrected chi connectivity index (χ3v) is 6.57. The van der Waals surface area contributed by atoms with Crippen LogP contribution in [0.1, 0.15) is 27.9 Å². The van der Waals surface area contributed by atoms with Gasteiger partial charge < -0.3 is 9.47 Å². The van der Waals surface area contributed by atoms with E-state index < -0.39 is 9.84 Å². The third kappa shape index (κ3) is 4.69. The van der Waals surface area contributed by atoms with Crippen molar-refractivity contribution in [2.24, 2.45) is 0 Å². The summed E-state index contributed by atoms with van der Waals surface area (Å²) in [5.74, 6) is 0.970. The lowest BCUT2D eigenvalue weighted by Gasteiger charge is -2.33. The minimum absolute atomic E-state index is 0.0491. The fraction of sp³-hybridized carbons (Fsp3) is 0.409. The van der Waals surface area contributed by atoms with E-state index in [0.29, 0.717) is 24.5 Å². The van der Waals surface area contributed by atoms with Crippen molar-refractivity contribution in [1.82, 2.24) is 4.90 Å². The first kappa shape index (κ1) is 20.1. The molecule has 1 aliphatic heterocycles. The number of hydrogen-bond acceptors (Lipinski definition) is 6. The predicted molar refractivity (Wildman–Crippen MR) is 109 cm³/mol. The number of sulfone groups is 1. The number of benzene rings is 2. The van der Waals surface area contributed by atoms with Gasteiger partial charge in [-0.2, -0.15) is 0 Å². The standard InChI is InChI=1S/C22H25NO5S/c1-29(25,26)18-7-5-16(6-8-18)13-23-11-12-27-17(14-23)15-28-22-4-2-3-19-20(22)9-10-21(19)24/h2-8,17H,9-15H2,1H3. The molecule has 29 heavy (non-hydrogen) atoms. The summed E-state index contributed by atoms with van der Waals surface area (Å²) in [4.78, 5) is 14.5. The molecule has 1 unspecified atom stereocenters. The van der Waals surface area contributed by atoms with Gasteiger partial charge in [-0.1, -0.05) is 24.3 Å². The molecular formula is C22H25NO5S. The van der Waals surface area contributed by atoms with Crippen LogP contribution >= 0.6 is 0 Å². The molecule has 0 spiro atoms. The normalized spacial score (nSPS) is 19.9. The lowest BCUT2D eigenvalue weighted by molar-refractivity contribution is -0.0505. The maximum absolute atomic E-state index is 11.9. The van der Waals surface area contributed by atoms with Gasteiger partial charge in [0.05, 0.1) is 11.5 Å². The SMILES string of the molecule is CS(=O)(=O)c1ccc(CN2CCOC(COc3cccc4c3CCC4=O)C2)cc1. The molecule has 1 atom stereocenters. The van der Waals surface area contributed by atoms with Gasteiger partial charge in [0.15, 0.2) is 15.6 Å². The van der Waals surface area contributed by atoms with Crippen LogP contribution in [0.25, 0.3) is 0 Å². The van der Waals surface area contributed by atoms with Crippen LogP contribution < -0.4 is 4.74 Å². The zero-order chi connectivity index (χ0) is 20.4. The Morgan fingerprint density at radius 3 is 2.69 bits per heavy atom. The average Bonchev–Trinajstić information content (AvgIpc) is 3.08. The lowest BCUT2D eigenvalue weighted by Crippen LogP contribution is -2.44. The van der Waals surface area contributed by atoms with Gasteiger partial charge in [-0.3, -0.25) is 9.69 Å². The summed E-state index contributed by atoms with van der Waals surface area (Å²) >= 11 is 0. The van der Waals surface area contributed by atoms with Crippen molar-refractivity contribution < 1.29 is 22.7 Å². The first-order valence-corrected chi connectivity index (χ1v) is 11.7. The number of hydrogen-bond donors (Lipinski definition) is 0. The highest BCUT2D eigenvalue weighted by molar-refractivity contribution is 7.90. The van der Waals surface area contributed by atoms with Gasteiger partial charge >= 0.3 is 0 Å². The highest BCUT2D eigenvalue weighted by Crippen LogP contribution is 2.30. The number of morpholine rings is 1. The maximum atomic E-state index is 11.9. The van der Waals surface area contributed by atoms with Crippen LogP contribution in [-0.4, -0.2) is 57.8 Å². The largest absolute Gasteiger partial charge is 0.491 e. The summed E-state index contributed by atoms with van der Waals surface area (Å²) in [7, 11) is -3.17. The molecule has 0 aromatic heterocycles. The fourth-order valence-electron chi connectivity index (χ4n) is 3.90. The highest BCUT2D eigenvalue weighted by atomic mass is 32.2. The quantitative estimate of drug-likeness (QED) is 0.722. The number of ether oxygens (including phenoxy) is 2. The molecule has 2 aromatic rings. The monoisotopic (exact) mass is 415 g/mol. The Balaban J connectivity index is 1.34. The number of ketones is 1. The molecule has 2 aliphatic rings. The highest BCUT2D eigenvalue weighted by Gasteiger charge is 2.25. The van der Waals surface area contributed by atoms with Gasteiger partial charge in [0.2, 0.25) is 0 Å². The lowest BCUT2D eigenvalue weighted by atomic mass is 10.1. The van der Waals surface area contributed by atoms with Crippen LogP contribution in [0.15, 0.2) is 47.4 Å². The smallest absolute Gasteiger partial charge is 0.175 e. The Kier molecular flexibility index (Phi) is 5.72. The molecule has 0 amide bonds. The minimum Gasteiger partial charge on any atom is -0.491 e. The minimum atomic E-state index is -3.17. The van der Waals surface area contributed by atoms with Crippen LogP contribution in [0, 0.1) is 0 Å². The molecule has 1 fully saturated rings. The molecule has 4 rings (SSSR count). The summed E-state index contributed by atoms with van der Waals surface area (Å²) in [5.41, 5.74) is 2.86. The van der Waals surface area contributed by atoms with Crippen molar-refractivity contribution >= 4 is 15.6 Å². The number of nitrogens with zero attached hydrogens (tertiary/aromatic N) is 1. The predicted octanol–water partition coefficient (Wildman–Crippen LogP) is 2.50. The molecule has 2 aromatic carbocycles. The second-order valence-corrected chi connectivity index (χ2v) is 9.68. The van der Waals surface area contributed by atoms with Gasteiger partial charge in [0, 0.05) is 43.4 Å². The van der Waals surface area contributed by atoms with Gasteiger partial charge in [-0.05, 0) is 30.2 Å². The van der Waals surface area contributed by atoms with E-state index in [2.05, 4.69) is 4.90 Å². The van der Waals surface area contributed by atoms with E-state index >= 15 is 0 Å². The summed E-state index contributed by atoms with van der Waals surface area (Å²) in [6.07, 6.45) is 2.46.